The van der Waals surface area contributed by atoms with Gasteiger partial charge in [-0.05, 0) is 31.9 Å². The van der Waals surface area contributed by atoms with Crippen molar-refractivity contribution < 1.29 is 4.79 Å². The van der Waals surface area contributed by atoms with Crippen molar-refractivity contribution in [3.8, 4) is 0 Å². The lowest BCUT2D eigenvalue weighted by Gasteiger charge is -2.21. The predicted octanol–water partition coefficient (Wildman–Crippen LogP) is 2.09. The Balaban J connectivity index is 2.44. The highest BCUT2D eigenvalue weighted by atomic mass is 79.9. The van der Waals surface area contributed by atoms with Gasteiger partial charge in [0.25, 0.3) is 0 Å². The van der Waals surface area contributed by atoms with E-state index in [1.807, 2.05) is 38.1 Å². The van der Waals surface area contributed by atoms with Crippen molar-refractivity contribution in [2.45, 2.75) is 20.3 Å². The van der Waals surface area contributed by atoms with Crippen molar-refractivity contribution in [2.24, 2.45) is 11.1 Å². The van der Waals surface area contributed by atoms with Gasteiger partial charge in [-0.25, -0.2) is 0 Å². The molecule has 0 aliphatic rings. The summed E-state index contributed by atoms with van der Waals surface area (Å²) in [7, 11) is 0. The van der Waals surface area contributed by atoms with Gasteiger partial charge in [-0.15, -0.1) is 0 Å². The highest BCUT2D eigenvalue weighted by molar-refractivity contribution is 9.10. The van der Waals surface area contributed by atoms with Crippen LogP contribution >= 0.6 is 15.9 Å². The Morgan fingerprint density at radius 1 is 1.41 bits per heavy atom. The number of amides is 1. The van der Waals surface area contributed by atoms with Gasteiger partial charge in [0.2, 0.25) is 5.91 Å². The van der Waals surface area contributed by atoms with Crippen LogP contribution in [0.4, 0.5) is 0 Å². The van der Waals surface area contributed by atoms with E-state index in [1.54, 1.807) is 0 Å². The Hall–Kier alpha value is -0.870. The fourth-order valence-electron chi connectivity index (χ4n) is 1.34. The number of rotatable bonds is 5. The number of hydrogen-bond donors (Lipinski definition) is 2. The van der Waals surface area contributed by atoms with Gasteiger partial charge >= 0.3 is 0 Å². The monoisotopic (exact) mass is 298 g/mol. The molecule has 0 unspecified atom stereocenters. The average molecular weight is 299 g/mol. The van der Waals surface area contributed by atoms with Crippen LogP contribution in [0.3, 0.4) is 0 Å². The van der Waals surface area contributed by atoms with E-state index in [4.69, 9.17) is 5.73 Å². The van der Waals surface area contributed by atoms with E-state index in [-0.39, 0.29) is 5.91 Å². The SMILES string of the molecule is CC(C)(CN)C(=O)NCCc1ccccc1Br. The Labute approximate surface area is 111 Å². The van der Waals surface area contributed by atoms with Crippen molar-refractivity contribution >= 4 is 21.8 Å². The molecule has 0 fully saturated rings. The van der Waals surface area contributed by atoms with Crippen LogP contribution in [0.25, 0.3) is 0 Å². The summed E-state index contributed by atoms with van der Waals surface area (Å²) in [5.41, 5.74) is 6.25. The first-order valence-corrected chi connectivity index (χ1v) is 6.48. The molecular weight excluding hydrogens is 280 g/mol. The normalized spacial score (nSPS) is 11.3. The topological polar surface area (TPSA) is 55.1 Å². The molecule has 94 valence electrons. The molecule has 0 aromatic heterocycles. The summed E-state index contributed by atoms with van der Waals surface area (Å²) in [5, 5.41) is 2.91. The number of nitrogens with one attached hydrogen (secondary N) is 1. The second-order valence-corrected chi connectivity index (χ2v) is 5.54. The molecule has 0 atom stereocenters. The molecule has 0 saturated carbocycles. The second-order valence-electron chi connectivity index (χ2n) is 4.69. The Morgan fingerprint density at radius 2 is 2.06 bits per heavy atom. The van der Waals surface area contributed by atoms with Crippen LogP contribution in [0.15, 0.2) is 28.7 Å². The minimum Gasteiger partial charge on any atom is -0.355 e. The molecule has 0 bridgehead atoms. The highest BCUT2D eigenvalue weighted by Crippen LogP contribution is 2.16. The zero-order valence-electron chi connectivity index (χ0n) is 10.3. The molecule has 1 aromatic carbocycles. The lowest BCUT2D eigenvalue weighted by Crippen LogP contribution is -2.42. The van der Waals surface area contributed by atoms with Gasteiger partial charge in [0.1, 0.15) is 0 Å². The maximum Gasteiger partial charge on any atom is 0.226 e. The highest BCUT2D eigenvalue weighted by Gasteiger charge is 2.24. The molecule has 0 aliphatic heterocycles. The molecule has 1 amide bonds. The van der Waals surface area contributed by atoms with Crippen LogP contribution < -0.4 is 11.1 Å². The van der Waals surface area contributed by atoms with Crippen LogP contribution in [0.2, 0.25) is 0 Å². The minimum absolute atomic E-state index is 0.00653. The number of benzene rings is 1. The molecule has 3 nitrogen and oxygen atoms in total. The zero-order valence-corrected chi connectivity index (χ0v) is 11.9. The van der Waals surface area contributed by atoms with Gasteiger partial charge in [-0.1, -0.05) is 34.1 Å². The summed E-state index contributed by atoms with van der Waals surface area (Å²) in [6.45, 7) is 4.68. The molecule has 0 spiro atoms. The minimum atomic E-state index is -0.492. The smallest absolute Gasteiger partial charge is 0.226 e. The molecule has 0 radical (unpaired) electrons. The quantitative estimate of drug-likeness (QED) is 0.875. The molecule has 4 heteroatoms. The van der Waals surface area contributed by atoms with Gasteiger partial charge in [0.15, 0.2) is 0 Å². The molecule has 0 heterocycles. The number of carbonyl (C=O) groups is 1. The van der Waals surface area contributed by atoms with Crippen molar-refractivity contribution in [3.63, 3.8) is 0 Å². The Bertz CT molecular complexity index is 391. The summed E-state index contributed by atoms with van der Waals surface area (Å²) < 4.78 is 1.08. The van der Waals surface area contributed by atoms with Crippen LogP contribution in [0, 0.1) is 5.41 Å². The first-order chi connectivity index (χ1) is 7.97. The number of halogens is 1. The molecule has 1 aromatic rings. The lowest BCUT2D eigenvalue weighted by atomic mass is 9.92. The number of nitrogens with two attached hydrogens (primary N) is 1. The van der Waals surface area contributed by atoms with Gasteiger partial charge in [0.05, 0.1) is 5.41 Å². The van der Waals surface area contributed by atoms with E-state index < -0.39 is 5.41 Å². The number of carbonyl (C=O) groups excluding carboxylic acids is 1. The van der Waals surface area contributed by atoms with E-state index in [9.17, 15) is 4.79 Å². The third kappa shape index (κ3) is 4.13. The van der Waals surface area contributed by atoms with Crippen LogP contribution in [0.1, 0.15) is 19.4 Å². The summed E-state index contributed by atoms with van der Waals surface area (Å²) in [4.78, 5) is 11.8. The van der Waals surface area contributed by atoms with E-state index in [2.05, 4.69) is 21.2 Å². The molecule has 1 rings (SSSR count). The van der Waals surface area contributed by atoms with Crippen molar-refractivity contribution in [3.05, 3.63) is 34.3 Å². The van der Waals surface area contributed by atoms with Gasteiger partial charge in [0, 0.05) is 17.6 Å². The van der Waals surface area contributed by atoms with Crippen molar-refractivity contribution in [1.82, 2.24) is 5.32 Å². The van der Waals surface area contributed by atoms with Gasteiger partial charge in [-0.2, -0.15) is 0 Å². The largest absolute Gasteiger partial charge is 0.355 e. The Morgan fingerprint density at radius 3 is 2.65 bits per heavy atom. The third-order valence-electron chi connectivity index (χ3n) is 2.76. The summed E-state index contributed by atoms with van der Waals surface area (Å²) in [6.07, 6.45) is 0.813. The van der Waals surface area contributed by atoms with Crippen LogP contribution in [-0.4, -0.2) is 19.0 Å². The molecule has 0 aliphatic carbocycles. The summed E-state index contributed by atoms with van der Waals surface area (Å²) in [6, 6.07) is 8.01. The summed E-state index contributed by atoms with van der Waals surface area (Å²) in [5.74, 6) is 0.00653. The second kappa shape index (κ2) is 6.17. The van der Waals surface area contributed by atoms with E-state index >= 15 is 0 Å². The fourth-order valence-corrected chi connectivity index (χ4v) is 1.83. The maximum absolute atomic E-state index is 11.8. The van der Waals surface area contributed by atoms with Crippen LogP contribution in [0.5, 0.6) is 0 Å². The zero-order chi connectivity index (χ0) is 12.9. The molecule has 17 heavy (non-hydrogen) atoms. The number of hydrogen-bond acceptors (Lipinski definition) is 2. The van der Waals surface area contributed by atoms with E-state index in [0.29, 0.717) is 13.1 Å². The van der Waals surface area contributed by atoms with Gasteiger partial charge in [-0.3, -0.25) is 4.79 Å². The molecular formula is C13H19BrN2O. The van der Waals surface area contributed by atoms with Gasteiger partial charge < -0.3 is 11.1 Å². The summed E-state index contributed by atoms with van der Waals surface area (Å²) >= 11 is 3.48. The third-order valence-corrected chi connectivity index (χ3v) is 3.54. The maximum atomic E-state index is 11.8. The van der Waals surface area contributed by atoms with Crippen molar-refractivity contribution in [1.29, 1.82) is 0 Å². The first-order valence-electron chi connectivity index (χ1n) is 5.69. The predicted molar refractivity (Wildman–Crippen MR) is 73.7 cm³/mol. The first kappa shape index (κ1) is 14.2. The molecule has 3 N–H and O–H groups in total. The van der Waals surface area contributed by atoms with E-state index in [0.717, 1.165) is 10.9 Å². The van der Waals surface area contributed by atoms with E-state index in [1.165, 1.54) is 5.56 Å². The standard InChI is InChI=1S/C13H19BrN2O/c1-13(2,9-15)12(17)16-8-7-10-5-3-4-6-11(10)14/h3-6H,7-9,15H2,1-2H3,(H,16,17). The van der Waals surface area contributed by atoms with Crippen LogP contribution in [-0.2, 0) is 11.2 Å². The average Bonchev–Trinajstić information content (AvgIpc) is 2.31. The molecule has 0 saturated heterocycles. The lowest BCUT2D eigenvalue weighted by molar-refractivity contribution is -0.128. The Kier molecular flexibility index (Phi) is 5.15. The van der Waals surface area contributed by atoms with Crippen molar-refractivity contribution in [2.75, 3.05) is 13.1 Å². The fraction of sp³-hybridized carbons (Fsp3) is 0.462.